The fourth-order valence-corrected chi connectivity index (χ4v) is 3.63. The van der Waals surface area contributed by atoms with Gasteiger partial charge in [0.2, 0.25) is 0 Å². The standard InChI is InChI=1S/C17H26ClN.ClH/c1-3-13(4-2)17(16-7-5-6-12-19-16)14-8-10-15(18)11-9-14;/h8-11,13,16-17,19H,3-7,12H2,1-2H3;1H. The van der Waals surface area contributed by atoms with Crippen molar-refractivity contribution in [2.75, 3.05) is 6.54 Å². The van der Waals surface area contributed by atoms with Crippen LogP contribution < -0.4 is 5.32 Å². The minimum atomic E-state index is 0. The topological polar surface area (TPSA) is 12.0 Å². The van der Waals surface area contributed by atoms with Crippen molar-refractivity contribution in [3.05, 3.63) is 34.9 Å². The van der Waals surface area contributed by atoms with Gasteiger partial charge in [0.1, 0.15) is 0 Å². The highest BCUT2D eigenvalue weighted by Gasteiger charge is 2.29. The Bertz CT molecular complexity index is 367. The highest BCUT2D eigenvalue weighted by Crippen LogP contribution is 2.36. The van der Waals surface area contributed by atoms with Gasteiger partial charge in [-0.1, -0.05) is 56.8 Å². The number of halogens is 2. The smallest absolute Gasteiger partial charge is 0.0406 e. The van der Waals surface area contributed by atoms with E-state index in [2.05, 4.69) is 31.3 Å². The van der Waals surface area contributed by atoms with Crippen molar-refractivity contribution >= 4 is 24.0 Å². The second-order valence-corrected chi connectivity index (χ2v) is 6.15. The molecule has 1 aliphatic rings. The first-order valence-corrected chi connectivity index (χ1v) is 8.12. The molecule has 20 heavy (non-hydrogen) atoms. The molecule has 2 unspecified atom stereocenters. The summed E-state index contributed by atoms with van der Waals surface area (Å²) in [5, 5.41) is 4.59. The molecular weight excluding hydrogens is 289 g/mol. The molecule has 1 aromatic rings. The van der Waals surface area contributed by atoms with Gasteiger partial charge in [-0.3, -0.25) is 0 Å². The molecule has 1 fully saturated rings. The molecule has 0 bridgehead atoms. The maximum Gasteiger partial charge on any atom is 0.0406 e. The fourth-order valence-electron chi connectivity index (χ4n) is 3.50. The Labute approximate surface area is 134 Å². The lowest BCUT2D eigenvalue weighted by molar-refractivity contribution is 0.270. The van der Waals surface area contributed by atoms with Gasteiger partial charge >= 0.3 is 0 Å². The summed E-state index contributed by atoms with van der Waals surface area (Å²) in [5.74, 6) is 1.39. The lowest BCUT2D eigenvalue weighted by Crippen LogP contribution is -2.41. The predicted octanol–water partition coefficient (Wildman–Crippen LogP) is 5.42. The van der Waals surface area contributed by atoms with Crippen LogP contribution in [0, 0.1) is 5.92 Å². The molecule has 1 N–H and O–H groups in total. The summed E-state index contributed by atoms with van der Waals surface area (Å²) < 4.78 is 0. The van der Waals surface area contributed by atoms with Gasteiger partial charge in [-0.15, -0.1) is 12.4 Å². The number of hydrogen-bond donors (Lipinski definition) is 1. The summed E-state index contributed by atoms with van der Waals surface area (Å²) in [6, 6.07) is 9.16. The minimum Gasteiger partial charge on any atom is -0.313 e. The minimum absolute atomic E-state index is 0. The van der Waals surface area contributed by atoms with E-state index in [-0.39, 0.29) is 12.4 Å². The maximum absolute atomic E-state index is 6.03. The summed E-state index contributed by atoms with van der Waals surface area (Å²) >= 11 is 6.03. The Hall–Kier alpha value is -0.240. The Kier molecular flexibility index (Phi) is 7.94. The molecule has 1 heterocycles. The molecule has 3 heteroatoms. The van der Waals surface area contributed by atoms with Crippen LogP contribution in [0.25, 0.3) is 0 Å². The van der Waals surface area contributed by atoms with E-state index < -0.39 is 0 Å². The molecule has 0 amide bonds. The molecule has 2 atom stereocenters. The van der Waals surface area contributed by atoms with Gasteiger partial charge in [0, 0.05) is 17.0 Å². The van der Waals surface area contributed by atoms with Gasteiger partial charge in [-0.05, 0) is 43.0 Å². The number of hydrogen-bond acceptors (Lipinski definition) is 1. The number of rotatable bonds is 5. The van der Waals surface area contributed by atoms with Crippen LogP contribution in [0.15, 0.2) is 24.3 Å². The molecule has 0 radical (unpaired) electrons. The van der Waals surface area contributed by atoms with Crippen molar-refractivity contribution in [1.82, 2.24) is 5.32 Å². The van der Waals surface area contributed by atoms with Crippen LogP contribution in [0.1, 0.15) is 57.4 Å². The van der Waals surface area contributed by atoms with Crippen LogP contribution in [-0.2, 0) is 0 Å². The molecule has 1 saturated heterocycles. The Morgan fingerprint density at radius 2 is 1.80 bits per heavy atom. The van der Waals surface area contributed by atoms with Gasteiger partial charge in [-0.25, -0.2) is 0 Å². The molecule has 0 aliphatic carbocycles. The first-order chi connectivity index (χ1) is 9.26. The molecule has 114 valence electrons. The number of benzene rings is 1. The lowest BCUT2D eigenvalue weighted by atomic mass is 9.75. The van der Waals surface area contributed by atoms with Crippen LogP contribution >= 0.6 is 24.0 Å². The van der Waals surface area contributed by atoms with Crippen molar-refractivity contribution in [3.63, 3.8) is 0 Å². The van der Waals surface area contributed by atoms with Crippen LogP contribution in [-0.4, -0.2) is 12.6 Å². The third-order valence-electron chi connectivity index (χ3n) is 4.59. The van der Waals surface area contributed by atoms with Crippen LogP contribution in [0.2, 0.25) is 5.02 Å². The summed E-state index contributed by atoms with van der Waals surface area (Å²) in [4.78, 5) is 0. The molecule has 0 aromatic heterocycles. The second-order valence-electron chi connectivity index (χ2n) is 5.71. The average Bonchev–Trinajstić information content (AvgIpc) is 2.47. The maximum atomic E-state index is 6.03. The van der Waals surface area contributed by atoms with Crippen molar-refractivity contribution < 1.29 is 0 Å². The molecule has 0 saturated carbocycles. The lowest BCUT2D eigenvalue weighted by Gasteiger charge is -2.36. The molecule has 1 aromatic carbocycles. The Balaban J connectivity index is 0.00000200. The zero-order valence-electron chi connectivity index (χ0n) is 12.6. The first-order valence-electron chi connectivity index (χ1n) is 7.75. The van der Waals surface area contributed by atoms with E-state index in [1.54, 1.807) is 0 Å². The summed E-state index contributed by atoms with van der Waals surface area (Å²) in [6.45, 7) is 5.81. The Morgan fingerprint density at radius 1 is 1.15 bits per heavy atom. The quantitative estimate of drug-likeness (QED) is 0.764. The van der Waals surface area contributed by atoms with Gasteiger partial charge < -0.3 is 5.32 Å². The summed E-state index contributed by atoms with van der Waals surface area (Å²) in [5.41, 5.74) is 1.46. The van der Waals surface area contributed by atoms with E-state index >= 15 is 0 Å². The van der Waals surface area contributed by atoms with Crippen molar-refractivity contribution in [1.29, 1.82) is 0 Å². The first kappa shape index (κ1) is 17.8. The SMILES string of the molecule is CCC(CC)C(c1ccc(Cl)cc1)C1CCCCN1.Cl. The van der Waals surface area contributed by atoms with Crippen molar-refractivity contribution in [2.24, 2.45) is 5.92 Å². The highest BCUT2D eigenvalue weighted by atomic mass is 35.5. The number of piperidine rings is 1. The molecule has 2 rings (SSSR count). The molecule has 0 spiro atoms. The van der Waals surface area contributed by atoms with Gasteiger partial charge in [0.25, 0.3) is 0 Å². The van der Waals surface area contributed by atoms with E-state index in [4.69, 9.17) is 11.6 Å². The second kappa shape index (κ2) is 8.92. The van der Waals surface area contributed by atoms with Crippen LogP contribution in [0.5, 0.6) is 0 Å². The zero-order chi connectivity index (χ0) is 13.7. The number of nitrogens with one attached hydrogen (secondary N) is 1. The van der Waals surface area contributed by atoms with Crippen LogP contribution in [0.4, 0.5) is 0 Å². The summed E-state index contributed by atoms with van der Waals surface area (Å²) in [7, 11) is 0. The van der Waals surface area contributed by atoms with Crippen molar-refractivity contribution in [2.45, 2.75) is 57.9 Å². The van der Waals surface area contributed by atoms with E-state index in [1.165, 1.54) is 44.2 Å². The average molecular weight is 316 g/mol. The van der Waals surface area contributed by atoms with E-state index in [0.717, 1.165) is 10.9 Å². The third-order valence-corrected chi connectivity index (χ3v) is 4.85. The monoisotopic (exact) mass is 315 g/mol. The largest absolute Gasteiger partial charge is 0.313 e. The summed E-state index contributed by atoms with van der Waals surface area (Å²) in [6.07, 6.45) is 6.50. The molecule has 1 aliphatic heterocycles. The normalized spacial score (nSPS) is 20.5. The zero-order valence-corrected chi connectivity index (χ0v) is 14.1. The third kappa shape index (κ3) is 4.38. The van der Waals surface area contributed by atoms with Gasteiger partial charge in [0.05, 0.1) is 0 Å². The van der Waals surface area contributed by atoms with Gasteiger partial charge in [0.15, 0.2) is 0 Å². The highest BCUT2D eigenvalue weighted by molar-refractivity contribution is 6.30. The fraction of sp³-hybridized carbons (Fsp3) is 0.647. The van der Waals surface area contributed by atoms with E-state index in [9.17, 15) is 0 Å². The van der Waals surface area contributed by atoms with E-state index in [0.29, 0.717) is 12.0 Å². The molecule has 1 nitrogen and oxygen atoms in total. The van der Waals surface area contributed by atoms with Crippen molar-refractivity contribution in [3.8, 4) is 0 Å². The van der Waals surface area contributed by atoms with Crippen LogP contribution in [0.3, 0.4) is 0 Å². The molecular formula is C17H27Cl2N. The van der Waals surface area contributed by atoms with Gasteiger partial charge in [-0.2, -0.15) is 0 Å². The predicted molar refractivity (Wildman–Crippen MR) is 91.2 cm³/mol. The Morgan fingerprint density at radius 3 is 2.30 bits per heavy atom. The van der Waals surface area contributed by atoms with E-state index in [1.807, 2.05) is 12.1 Å².